The Balaban J connectivity index is 2.43. The molecular weight excluding hydrogens is 292 g/mol. The van der Waals surface area contributed by atoms with Gasteiger partial charge >= 0.3 is 11.9 Å². The molecule has 1 N–H and O–H groups in total. The molecule has 2 atom stereocenters. The van der Waals surface area contributed by atoms with E-state index in [4.69, 9.17) is 4.74 Å². The molecule has 0 heterocycles. The van der Waals surface area contributed by atoms with E-state index in [0.29, 0.717) is 6.42 Å². The van der Waals surface area contributed by atoms with Crippen LogP contribution in [0.15, 0.2) is 30.3 Å². The van der Waals surface area contributed by atoms with Crippen LogP contribution in [0.25, 0.3) is 0 Å². The van der Waals surface area contributed by atoms with E-state index in [1.807, 2.05) is 30.3 Å². The van der Waals surface area contributed by atoms with Crippen LogP contribution in [0.1, 0.15) is 57.9 Å². The van der Waals surface area contributed by atoms with Gasteiger partial charge in [0.25, 0.3) is 0 Å². The van der Waals surface area contributed by atoms with Crippen LogP contribution in [-0.2, 0) is 20.9 Å². The number of carbonyl (C=O) groups is 2. The number of unbranched alkanes of at least 4 members (excludes halogenated alkanes) is 4. The van der Waals surface area contributed by atoms with E-state index >= 15 is 0 Å². The van der Waals surface area contributed by atoms with Crippen molar-refractivity contribution in [1.82, 2.24) is 0 Å². The number of carbonyl (C=O) groups excluding carboxylic acids is 1. The third-order valence-corrected chi connectivity index (χ3v) is 4.14. The molecule has 1 rings (SSSR count). The second-order valence-electron chi connectivity index (χ2n) is 6.03. The maximum atomic E-state index is 12.1. The molecule has 0 saturated heterocycles. The normalized spacial score (nSPS) is 13.3. The van der Waals surface area contributed by atoms with Gasteiger partial charge in [-0.25, -0.2) is 0 Å². The summed E-state index contributed by atoms with van der Waals surface area (Å²) in [5.41, 5.74) is 0.902. The van der Waals surface area contributed by atoms with E-state index < -0.39 is 23.8 Å². The summed E-state index contributed by atoms with van der Waals surface area (Å²) < 4.78 is 5.26. The number of aliphatic carboxylic acids is 1. The largest absolute Gasteiger partial charge is 0.481 e. The molecule has 23 heavy (non-hydrogen) atoms. The van der Waals surface area contributed by atoms with Crippen LogP contribution in [0, 0.1) is 11.8 Å². The van der Waals surface area contributed by atoms with E-state index in [0.717, 1.165) is 31.2 Å². The minimum atomic E-state index is -0.912. The van der Waals surface area contributed by atoms with Crippen molar-refractivity contribution in [3.05, 3.63) is 35.9 Å². The van der Waals surface area contributed by atoms with Crippen LogP contribution in [0.2, 0.25) is 0 Å². The van der Waals surface area contributed by atoms with Crippen molar-refractivity contribution < 1.29 is 19.4 Å². The van der Waals surface area contributed by atoms with Crippen LogP contribution in [0.3, 0.4) is 0 Å². The fourth-order valence-corrected chi connectivity index (χ4v) is 2.58. The smallest absolute Gasteiger partial charge is 0.309 e. The monoisotopic (exact) mass is 320 g/mol. The van der Waals surface area contributed by atoms with Gasteiger partial charge in [0.1, 0.15) is 6.61 Å². The summed E-state index contributed by atoms with van der Waals surface area (Å²) in [7, 11) is 0. The summed E-state index contributed by atoms with van der Waals surface area (Å²) in [6.07, 6.45) is 5.84. The van der Waals surface area contributed by atoms with Crippen molar-refractivity contribution in [2.45, 2.75) is 59.0 Å². The van der Waals surface area contributed by atoms with Crippen LogP contribution < -0.4 is 0 Å². The van der Waals surface area contributed by atoms with Gasteiger partial charge in [-0.3, -0.25) is 9.59 Å². The minimum Gasteiger partial charge on any atom is -0.481 e. The molecule has 1 aromatic rings. The van der Waals surface area contributed by atoms with Gasteiger partial charge in [0.15, 0.2) is 0 Å². The lowest BCUT2D eigenvalue weighted by Gasteiger charge is -2.19. The van der Waals surface area contributed by atoms with Crippen molar-refractivity contribution in [2.75, 3.05) is 0 Å². The lowest BCUT2D eigenvalue weighted by atomic mass is 9.89. The van der Waals surface area contributed by atoms with Crippen molar-refractivity contribution >= 4 is 11.9 Å². The number of hydrogen-bond acceptors (Lipinski definition) is 3. The molecule has 128 valence electrons. The van der Waals surface area contributed by atoms with Gasteiger partial charge in [-0.15, -0.1) is 0 Å². The maximum Gasteiger partial charge on any atom is 0.309 e. The molecule has 0 spiro atoms. The van der Waals surface area contributed by atoms with E-state index in [-0.39, 0.29) is 6.61 Å². The van der Waals surface area contributed by atoms with Crippen molar-refractivity contribution in [1.29, 1.82) is 0 Å². The van der Waals surface area contributed by atoms with Crippen molar-refractivity contribution in [3.8, 4) is 0 Å². The van der Waals surface area contributed by atoms with E-state index in [1.165, 1.54) is 6.42 Å². The Morgan fingerprint density at radius 1 is 1.09 bits per heavy atom. The number of carboxylic acid groups (broad SMARTS) is 1. The highest BCUT2D eigenvalue weighted by Crippen LogP contribution is 2.22. The zero-order valence-electron chi connectivity index (χ0n) is 14.2. The lowest BCUT2D eigenvalue weighted by Crippen LogP contribution is -2.29. The maximum absolute atomic E-state index is 12.1. The van der Waals surface area contributed by atoms with Crippen molar-refractivity contribution in [3.63, 3.8) is 0 Å². The predicted octanol–water partition coefficient (Wildman–Crippen LogP) is 4.43. The highest BCUT2D eigenvalue weighted by molar-refractivity contribution is 5.80. The average molecular weight is 320 g/mol. The molecule has 0 aliphatic rings. The molecule has 1 aromatic carbocycles. The highest BCUT2D eigenvalue weighted by Gasteiger charge is 2.30. The number of benzene rings is 1. The Labute approximate surface area is 138 Å². The van der Waals surface area contributed by atoms with Gasteiger partial charge in [-0.05, 0) is 12.0 Å². The molecule has 0 fully saturated rings. The molecule has 4 nitrogen and oxygen atoms in total. The Hall–Kier alpha value is -1.84. The van der Waals surface area contributed by atoms with E-state index in [2.05, 4.69) is 6.92 Å². The molecule has 0 amide bonds. The molecule has 4 heteroatoms. The van der Waals surface area contributed by atoms with Crippen molar-refractivity contribution in [2.24, 2.45) is 11.8 Å². The topological polar surface area (TPSA) is 63.6 Å². The summed E-state index contributed by atoms with van der Waals surface area (Å²) in [4.78, 5) is 23.5. The Bertz CT molecular complexity index is 470. The lowest BCUT2D eigenvalue weighted by molar-refractivity contribution is -0.158. The predicted molar refractivity (Wildman–Crippen MR) is 89.9 cm³/mol. The zero-order valence-corrected chi connectivity index (χ0v) is 14.2. The van der Waals surface area contributed by atoms with Gasteiger partial charge < -0.3 is 9.84 Å². The quantitative estimate of drug-likeness (QED) is 0.484. The van der Waals surface area contributed by atoms with Gasteiger partial charge in [0.05, 0.1) is 11.8 Å². The number of esters is 1. The average Bonchev–Trinajstić information content (AvgIpc) is 2.56. The van der Waals surface area contributed by atoms with Gasteiger partial charge in [0, 0.05) is 0 Å². The number of carboxylic acids is 1. The van der Waals surface area contributed by atoms with Gasteiger partial charge in [0.2, 0.25) is 0 Å². The molecular formula is C19H28O4. The standard InChI is InChI=1S/C19H28O4/c1-3-4-5-6-10-13-17(18(20)21)15(2)19(22)23-14-16-11-8-7-9-12-16/h7-9,11-12,15,17H,3-6,10,13-14H2,1-2H3,(H,20,21)/t15-,17?/m0/s1. The summed E-state index contributed by atoms with van der Waals surface area (Å²) in [5, 5.41) is 9.37. The fourth-order valence-electron chi connectivity index (χ4n) is 2.58. The summed E-state index contributed by atoms with van der Waals surface area (Å²) in [6.45, 7) is 3.98. The minimum absolute atomic E-state index is 0.187. The van der Waals surface area contributed by atoms with Gasteiger partial charge in [-0.2, -0.15) is 0 Å². The van der Waals surface area contributed by atoms with E-state index in [9.17, 15) is 14.7 Å². The first-order valence-corrected chi connectivity index (χ1v) is 8.49. The van der Waals surface area contributed by atoms with Crippen LogP contribution in [0.4, 0.5) is 0 Å². The number of hydrogen-bond donors (Lipinski definition) is 1. The Morgan fingerprint density at radius 3 is 2.35 bits per heavy atom. The number of rotatable bonds is 11. The van der Waals surface area contributed by atoms with Gasteiger partial charge in [-0.1, -0.05) is 76.3 Å². The highest BCUT2D eigenvalue weighted by atomic mass is 16.5. The summed E-state index contributed by atoms with van der Waals surface area (Å²) in [6, 6.07) is 9.40. The zero-order chi connectivity index (χ0) is 17.1. The van der Waals surface area contributed by atoms with Crippen LogP contribution in [-0.4, -0.2) is 17.0 Å². The second kappa shape index (κ2) is 10.8. The summed E-state index contributed by atoms with van der Waals surface area (Å²) in [5.74, 6) is -2.64. The third-order valence-electron chi connectivity index (χ3n) is 4.14. The first kappa shape index (κ1) is 19.2. The number of ether oxygens (including phenoxy) is 1. The molecule has 0 aromatic heterocycles. The van der Waals surface area contributed by atoms with E-state index in [1.54, 1.807) is 6.92 Å². The van der Waals surface area contributed by atoms with Crippen LogP contribution in [0.5, 0.6) is 0 Å². The second-order valence-corrected chi connectivity index (χ2v) is 6.03. The first-order chi connectivity index (χ1) is 11.1. The third kappa shape index (κ3) is 7.31. The molecule has 0 bridgehead atoms. The molecule has 0 radical (unpaired) electrons. The van der Waals surface area contributed by atoms with Crippen LogP contribution >= 0.6 is 0 Å². The summed E-state index contributed by atoms with van der Waals surface area (Å²) >= 11 is 0. The molecule has 0 aliphatic carbocycles. The Morgan fingerprint density at radius 2 is 1.74 bits per heavy atom. The Kier molecular flexibility index (Phi) is 9.03. The molecule has 1 unspecified atom stereocenters. The SMILES string of the molecule is CCCCCCCC(C(=O)O)[C@H](C)C(=O)OCc1ccccc1. The molecule has 0 aliphatic heterocycles. The fraction of sp³-hybridized carbons (Fsp3) is 0.579. The molecule has 0 saturated carbocycles. The first-order valence-electron chi connectivity index (χ1n) is 8.49.